The minimum absolute atomic E-state index is 0.0646. The second-order valence-electron chi connectivity index (χ2n) is 4.91. The van der Waals surface area contributed by atoms with Gasteiger partial charge in [0.15, 0.2) is 0 Å². The number of amides is 1. The van der Waals surface area contributed by atoms with Crippen molar-refractivity contribution in [1.82, 2.24) is 4.90 Å². The number of hydrogen-bond acceptors (Lipinski definition) is 2. The molecule has 0 bridgehead atoms. The lowest BCUT2D eigenvalue weighted by molar-refractivity contribution is 0.0756. The van der Waals surface area contributed by atoms with E-state index in [4.69, 9.17) is 11.6 Å². The van der Waals surface area contributed by atoms with E-state index in [2.05, 4.69) is 26.1 Å². The molecule has 0 unspecified atom stereocenters. The van der Waals surface area contributed by atoms with E-state index in [1.165, 1.54) is 0 Å². The molecule has 0 radical (unpaired) electrons. The number of halogens is 1. The topological polar surface area (TPSA) is 32.3 Å². The summed E-state index contributed by atoms with van der Waals surface area (Å²) in [5.41, 5.74) is 1.55. The number of nitrogens with zero attached hydrogens (tertiary/aromatic N) is 1. The summed E-state index contributed by atoms with van der Waals surface area (Å²) in [7, 11) is 0. The Labute approximate surface area is 127 Å². The molecule has 1 rings (SSSR count). The third-order valence-electron chi connectivity index (χ3n) is 3.05. The summed E-state index contributed by atoms with van der Waals surface area (Å²) >= 11 is 6.06. The lowest BCUT2D eigenvalue weighted by Crippen LogP contribution is -2.33. The number of benzene rings is 1. The van der Waals surface area contributed by atoms with Crippen LogP contribution in [0, 0.1) is 0 Å². The van der Waals surface area contributed by atoms with Crippen molar-refractivity contribution in [3.63, 3.8) is 0 Å². The van der Waals surface area contributed by atoms with Crippen LogP contribution >= 0.6 is 11.6 Å². The van der Waals surface area contributed by atoms with Crippen LogP contribution in [0.5, 0.6) is 0 Å². The summed E-state index contributed by atoms with van der Waals surface area (Å²) in [4.78, 5) is 14.6. The molecule has 0 atom stereocenters. The molecule has 0 saturated carbocycles. The molecule has 112 valence electrons. The first-order valence-electron chi connectivity index (χ1n) is 7.46. The molecule has 1 aromatic carbocycles. The third kappa shape index (κ3) is 4.71. The van der Waals surface area contributed by atoms with Crippen LogP contribution in [0.25, 0.3) is 0 Å². The number of nitrogens with one attached hydrogen (secondary N) is 1. The maximum atomic E-state index is 12.7. The van der Waals surface area contributed by atoms with Crippen LogP contribution in [0.2, 0.25) is 5.02 Å². The summed E-state index contributed by atoms with van der Waals surface area (Å²) in [5.74, 6) is 0.0646. The van der Waals surface area contributed by atoms with Crippen molar-refractivity contribution in [2.75, 3.05) is 25.0 Å². The van der Waals surface area contributed by atoms with E-state index in [1.807, 2.05) is 17.0 Å². The van der Waals surface area contributed by atoms with E-state index >= 15 is 0 Å². The molecule has 1 N–H and O–H groups in total. The van der Waals surface area contributed by atoms with Crippen LogP contribution in [-0.4, -0.2) is 30.4 Å². The Morgan fingerprint density at radius 3 is 2.35 bits per heavy atom. The zero-order valence-corrected chi connectivity index (χ0v) is 13.5. The van der Waals surface area contributed by atoms with Gasteiger partial charge in [-0.05, 0) is 37.5 Å². The molecule has 0 aliphatic heterocycles. The maximum Gasteiger partial charge on any atom is 0.256 e. The number of hydrogen-bond donors (Lipinski definition) is 1. The number of carbonyl (C=O) groups excluding carboxylic acids is 1. The van der Waals surface area contributed by atoms with Crippen LogP contribution in [0.1, 0.15) is 50.4 Å². The quantitative estimate of drug-likeness (QED) is 0.770. The van der Waals surface area contributed by atoms with Crippen molar-refractivity contribution in [3.8, 4) is 0 Å². The highest BCUT2D eigenvalue weighted by Crippen LogP contribution is 2.22. The van der Waals surface area contributed by atoms with Crippen molar-refractivity contribution in [3.05, 3.63) is 28.8 Å². The maximum absolute atomic E-state index is 12.7. The molecule has 4 heteroatoms. The molecule has 1 aromatic rings. The van der Waals surface area contributed by atoms with Crippen molar-refractivity contribution >= 4 is 23.2 Å². The molecule has 20 heavy (non-hydrogen) atoms. The van der Waals surface area contributed by atoms with Crippen LogP contribution in [-0.2, 0) is 0 Å². The SMILES string of the molecule is CCCNc1ccc(Cl)cc1C(=O)N(CCC)CCC. The third-order valence-corrected chi connectivity index (χ3v) is 3.29. The second-order valence-corrected chi connectivity index (χ2v) is 5.35. The van der Waals surface area contributed by atoms with Crippen molar-refractivity contribution < 1.29 is 4.79 Å². The average Bonchev–Trinajstić information content (AvgIpc) is 2.45. The minimum Gasteiger partial charge on any atom is -0.384 e. The number of carbonyl (C=O) groups is 1. The van der Waals surface area contributed by atoms with Crippen LogP contribution in [0.15, 0.2) is 18.2 Å². The molecule has 0 fully saturated rings. The summed E-state index contributed by atoms with van der Waals surface area (Å²) in [5, 5.41) is 3.90. The molecular weight excluding hydrogens is 272 g/mol. The highest BCUT2D eigenvalue weighted by atomic mass is 35.5. The highest BCUT2D eigenvalue weighted by molar-refractivity contribution is 6.31. The highest BCUT2D eigenvalue weighted by Gasteiger charge is 2.18. The van der Waals surface area contributed by atoms with E-state index in [0.29, 0.717) is 10.6 Å². The van der Waals surface area contributed by atoms with Gasteiger partial charge in [0, 0.05) is 30.3 Å². The molecule has 1 amide bonds. The zero-order chi connectivity index (χ0) is 15.0. The number of anilines is 1. The van der Waals surface area contributed by atoms with Gasteiger partial charge in [0.25, 0.3) is 5.91 Å². The van der Waals surface area contributed by atoms with Gasteiger partial charge in [-0.2, -0.15) is 0 Å². The normalized spacial score (nSPS) is 10.4. The Kier molecular flexibility index (Phi) is 7.45. The fourth-order valence-electron chi connectivity index (χ4n) is 2.13. The van der Waals surface area contributed by atoms with Crippen molar-refractivity contribution in [1.29, 1.82) is 0 Å². The second kappa shape index (κ2) is 8.85. The van der Waals surface area contributed by atoms with Gasteiger partial charge in [-0.3, -0.25) is 4.79 Å². The van der Waals surface area contributed by atoms with Crippen LogP contribution in [0.4, 0.5) is 5.69 Å². The lowest BCUT2D eigenvalue weighted by Gasteiger charge is -2.23. The zero-order valence-electron chi connectivity index (χ0n) is 12.7. The molecule has 0 saturated heterocycles. The van der Waals surface area contributed by atoms with E-state index < -0.39 is 0 Å². The van der Waals surface area contributed by atoms with Gasteiger partial charge in [0.1, 0.15) is 0 Å². The van der Waals surface area contributed by atoms with E-state index in [-0.39, 0.29) is 5.91 Å². The fourth-order valence-corrected chi connectivity index (χ4v) is 2.30. The van der Waals surface area contributed by atoms with Crippen LogP contribution in [0.3, 0.4) is 0 Å². The summed E-state index contributed by atoms with van der Waals surface area (Å²) in [6.07, 6.45) is 2.94. The smallest absolute Gasteiger partial charge is 0.256 e. The Balaban J connectivity index is 3.01. The Morgan fingerprint density at radius 1 is 1.15 bits per heavy atom. The van der Waals surface area contributed by atoms with Gasteiger partial charge in [-0.1, -0.05) is 32.4 Å². The van der Waals surface area contributed by atoms with Gasteiger partial charge in [0.2, 0.25) is 0 Å². The Hall–Kier alpha value is -1.22. The average molecular weight is 297 g/mol. The fraction of sp³-hybridized carbons (Fsp3) is 0.562. The minimum atomic E-state index is 0.0646. The first-order valence-corrected chi connectivity index (χ1v) is 7.84. The molecule has 0 aliphatic carbocycles. The predicted octanol–water partition coefficient (Wildman–Crippen LogP) is 4.42. The summed E-state index contributed by atoms with van der Waals surface area (Å²) in [6, 6.07) is 5.47. The molecule has 3 nitrogen and oxygen atoms in total. The number of rotatable bonds is 8. The van der Waals surface area contributed by atoms with Crippen LogP contribution < -0.4 is 5.32 Å². The Bertz CT molecular complexity index is 428. The summed E-state index contributed by atoms with van der Waals surface area (Å²) < 4.78 is 0. The lowest BCUT2D eigenvalue weighted by atomic mass is 10.1. The first kappa shape index (κ1) is 16.8. The molecule has 0 spiro atoms. The largest absolute Gasteiger partial charge is 0.384 e. The predicted molar refractivity (Wildman–Crippen MR) is 86.7 cm³/mol. The van der Waals surface area contributed by atoms with Crippen molar-refractivity contribution in [2.24, 2.45) is 0 Å². The van der Waals surface area contributed by atoms with E-state index in [9.17, 15) is 4.79 Å². The van der Waals surface area contributed by atoms with Gasteiger partial charge in [-0.25, -0.2) is 0 Å². The summed E-state index contributed by atoms with van der Waals surface area (Å²) in [6.45, 7) is 8.70. The van der Waals surface area contributed by atoms with E-state index in [0.717, 1.165) is 44.6 Å². The van der Waals surface area contributed by atoms with Crippen molar-refractivity contribution in [2.45, 2.75) is 40.0 Å². The molecule has 0 aromatic heterocycles. The standard InChI is InChI=1S/C16H25ClN2O/c1-4-9-18-15-8-7-13(17)12-14(15)16(20)19(10-5-2)11-6-3/h7-8,12,18H,4-6,9-11H2,1-3H3. The van der Waals surface area contributed by atoms with E-state index in [1.54, 1.807) is 6.07 Å². The van der Waals surface area contributed by atoms with Gasteiger partial charge in [-0.15, -0.1) is 0 Å². The van der Waals surface area contributed by atoms with Gasteiger partial charge >= 0.3 is 0 Å². The first-order chi connectivity index (χ1) is 9.63. The monoisotopic (exact) mass is 296 g/mol. The Morgan fingerprint density at radius 2 is 1.80 bits per heavy atom. The van der Waals surface area contributed by atoms with Gasteiger partial charge in [0.05, 0.1) is 5.56 Å². The van der Waals surface area contributed by atoms with Gasteiger partial charge < -0.3 is 10.2 Å². The molecule has 0 aliphatic rings. The molecular formula is C16H25ClN2O. The molecule has 0 heterocycles.